The van der Waals surface area contributed by atoms with E-state index in [1.807, 2.05) is 54.6 Å². The number of aromatic nitrogens is 3. The molecule has 0 fully saturated rings. The fourth-order valence-corrected chi connectivity index (χ4v) is 9.23. The molecule has 3 aliphatic heterocycles. The van der Waals surface area contributed by atoms with Crippen LogP contribution in [0.3, 0.4) is 0 Å². The predicted octanol–water partition coefficient (Wildman–Crippen LogP) is 7.98. The fraction of sp³-hybridized carbons (Fsp3) is 0.228. The number of carboxylic acid groups (broad SMARTS) is 1. The molecule has 0 unspecified atom stereocenters. The summed E-state index contributed by atoms with van der Waals surface area (Å²) >= 11 is 1.12. The molecule has 0 saturated carbocycles. The monoisotopic (exact) mass is 1170 g/mol. The van der Waals surface area contributed by atoms with Crippen molar-refractivity contribution in [2.75, 3.05) is 72.5 Å². The first-order valence-corrected chi connectivity index (χ1v) is 27.0. The van der Waals surface area contributed by atoms with Crippen LogP contribution >= 0.6 is 11.8 Å². The van der Waals surface area contributed by atoms with Gasteiger partial charge in [0.1, 0.15) is 17.2 Å². The van der Waals surface area contributed by atoms with Crippen LogP contribution in [-0.2, 0) is 32.1 Å². The number of hydrogen-bond donors (Lipinski definition) is 10. The number of amides is 5. The van der Waals surface area contributed by atoms with Gasteiger partial charge in [0.25, 0.3) is 5.91 Å². The molecule has 4 heterocycles. The Morgan fingerprint density at radius 3 is 1.90 bits per heavy atom. The van der Waals surface area contributed by atoms with Gasteiger partial charge in [0.05, 0.1) is 41.9 Å². The van der Waals surface area contributed by atoms with Crippen molar-refractivity contribution in [1.29, 1.82) is 0 Å². The van der Waals surface area contributed by atoms with Crippen LogP contribution in [0.15, 0.2) is 147 Å². The number of halogens is 3. The molecule has 5 aromatic carbocycles. The summed E-state index contributed by atoms with van der Waals surface area (Å²) in [4.78, 5) is 84.3. The molecule has 27 heteroatoms. The zero-order valence-electron chi connectivity index (χ0n) is 44.8. The average molecular weight is 1170 g/mol. The molecule has 6 aromatic rings. The third-order valence-corrected chi connectivity index (χ3v) is 13.1. The number of benzene rings is 5. The Bertz CT molecular complexity index is 3420. The number of alkyl halides is 3. The minimum Gasteiger partial charge on any atom is -0.504 e. The maximum Gasteiger partial charge on any atom is 0.490 e. The quantitative estimate of drug-likeness (QED) is 0.0141. The minimum atomic E-state index is -5.08. The molecule has 1 aromatic heterocycles. The highest BCUT2D eigenvalue weighted by atomic mass is 32.2. The molecule has 9 rings (SSSR count). The van der Waals surface area contributed by atoms with Gasteiger partial charge in [0, 0.05) is 83.9 Å². The number of nitrogens with zero attached hydrogens (tertiary/aromatic N) is 5. The van der Waals surface area contributed by atoms with Gasteiger partial charge in [-0.05, 0) is 122 Å². The fourth-order valence-electron chi connectivity index (χ4n) is 8.18. The van der Waals surface area contributed by atoms with Crippen molar-refractivity contribution < 1.29 is 61.6 Å². The van der Waals surface area contributed by atoms with E-state index < -0.39 is 41.9 Å². The Labute approximate surface area is 482 Å². The molecule has 0 radical (unpaired) electrons. The molecule has 23 nitrogen and oxygen atoms in total. The number of hydrogen-bond acceptors (Lipinski definition) is 17. The first-order valence-electron chi connectivity index (χ1n) is 26.2. The molecular formula is C57H56F3N13O10S. The number of unbranched alkanes of at least 4 members (excludes halogenated alkanes) is 1. The molecule has 0 atom stereocenters. The number of para-hydroxylation sites is 1. The van der Waals surface area contributed by atoms with Gasteiger partial charge in [0.15, 0.2) is 11.5 Å². The molecule has 3 aliphatic rings. The number of esters is 1. The molecule has 436 valence electrons. The number of aryl methyl sites for hydroxylation is 1. The van der Waals surface area contributed by atoms with Crippen molar-refractivity contribution in [2.24, 2.45) is 9.98 Å². The second-order valence-electron chi connectivity index (χ2n) is 18.3. The van der Waals surface area contributed by atoms with Gasteiger partial charge >= 0.3 is 30.2 Å². The van der Waals surface area contributed by atoms with E-state index in [2.05, 4.69) is 62.8 Å². The number of aromatic hydroxyl groups is 1. The summed E-state index contributed by atoms with van der Waals surface area (Å²) in [6, 6.07) is 32.0. The summed E-state index contributed by atoms with van der Waals surface area (Å²) in [5, 5.41) is 50.4. The molecule has 84 heavy (non-hydrogen) atoms. The van der Waals surface area contributed by atoms with Gasteiger partial charge in [0.2, 0.25) is 5.78 Å². The first-order chi connectivity index (χ1) is 40.5. The average Bonchev–Trinajstić information content (AvgIpc) is 3.92. The van der Waals surface area contributed by atoms with E-state index in [0.717, 1.165) is 47.6 Å². The van der Waals surface area contributed by atoms with Crippen LogP contribution in [-0.4, -0.2) is 125 Å². The molecule has 10 N–H and O–H groups in total. The van der Waals surface area contributed by atoms with Crippen molar-refractivity contribution in [1.82, 2.24) is 30.9 Å². The van der Waals surface area contributed by atoms with E-state index in [4.69, 9.17) is 19.4 Å². The second kappa shape index (κ2) is 28.5. The number of nitrogens with one attached hydrogen (secondary N) is 8. The largest absolute Gasteiger partial charge is 0.504 e. The Kier molecular flexibility index (Phi) is 20.3. The summed E-state index contributed by atoms with van der Waals surface area (Å²) in [6.45, 7) is 5.83. The van der Waals surface area contributed by atoms with Gasteiger partial charge in [-0.25, -0.2) is 19.2 Å². The molecular weight excluding hydrogens is 1120 g/mol. The standard InChI is InChI=1S/C55H55N13O8S.C2HF3O2/c1-2-75-53(72)47-48(70)46(77-52(47)61-38-8-4-3-5-9-38)29-34-10-19-45(44(69)28-34)76-27-7-6-26-68-33-41(66-67-68)20-21-60-51(71)37-30-42(64-54(73)62-39-15-11-35(12-16-39)49-56-22-23-57-49)32-43(31-37)65-55(74)63-40-17-13-36(14-18-40)50-58-24-25-59-50;3-2(4,5)1(6)7/h3-5,8-19,28-33,61,69H,2,6-7,20-27H2,1H3,(H,56,57)(H,58,59)(H,60,71)(H2,62,64,73)(H2,63,65,74);(H,6,7)/b46-29-;. The lowest BCUT2D eigenvalue weighted by Crippen LogP contribution is -2.27. The summed E-state index contributed by atoms with van der Waals surface area (Å²) < 4.78 is 44.5. The Morgan fingerprint density at radius 2 is 1.36 bits per heavy atom. The van der Waals surface area contributed by atoms with Crippen LogP contribution in [0.5, 0.6) is 11.5 Å². The van der Waals surface area contributed by atoms with Crippen LogP contribution in [0.1, 0.15) is 52.5 Å². The minimum absolute atomic E-state index is 0.0772. The summed E-state index contributed by atoms with van der Waals surface area (Å²) in [6.07, 6.45) is 0.0270. The number of amidine groups is 2. The third-order valence-electron chi connectivity index (χ3n) is 12.1. The van der Waals surface area contributed by atoms with Crippen molar-refractivity contribution in [3.8, 4) is 11.5 Å². The van der Waals surface area contributed by atoms with Crippen molar-refractivity contribution in [3.63, 3.8) is 0 Å². The SMILES string of the molecule is CCOC(=O)C1=C(Nc2ccccc2)S/C(=C\c2ccc(OCCCCn3cc(CCNC(=O)c4cc(NC(=O)Nc5ccc(C6=NCCN6)cc5)cc(NC(=O)Nc5ccc(C6=NCCN6)cc5)c4)nn3)c(O)c2)C1=O.O=C(O)C(F)(F)F. The molecule has 0 bridgehead atoms. The van der Waals surface area contributed by atoms with Crippen LogP contribution < -0.4 is 47.3 Å². The van der Waals surface area contributed by atoms with Gasteiger partial charge in [-0.15, -0.1) is 5.10 Å². The van der Waals surface area contributed by atoms with Gasteiger partial charge in [-0.1, -0.05) is 41.2 Å². The number of carbonyl (C=O) groups is 6. The smallest absolute Gasteiger partial charge is 0.490 e. The highest BCUT2D eigenvalue weighted by Gasteiger charge is 2.38. The summed E-state index contributed by atoms with van der Waals surface area (Å²) in [7, 11) is 0. The highest BCUT2D eigenvalue weighted by Crippen LogP contribution is 2.41. The number of carboxylic acids is 1. The van der Waals surface area contributed by atoms with Crippen LogP contribution in [0.4, 0.5) is 51.2 Å². The lowest BCUT2D eigenvalue weighted by atomic mass is 10.1. The number of phenolic OH excluding ortho intramolecular Hbond substituents is 1. The number of rotatable bonds is 21. The lowest BCUT2D eigenvalue weighted by Gasteiger charge is -2.14. The highest BCUT2D eigenvalue weighted by molar-refractivity contribution is 8.08. The van der Waals surface area contributed by atoms with E-state index in [-0.39, 0.29) is 47.2 Å². The number of Topliss-reactive ketones (excluding diaryl/α,β-unsaturated/α-hetero) is 1. The number of urea groups is 2. The molecule has 0 aliphatic carbocycles. The summed E-state index contributed by atoms with van der Waals surface area (Å²) in [5.41, 5.74) is 5.41. The van der Waals surface area contributed by atoms with E-state index in [1.165, 1.54) is 18.2 Å². The van der Waals surface area contributed by atoms with E-state index >= 15 is 0 Å². The number of allylic oxidation sites excluding steroid dienone is 1. The Balaban J connectivity index is 0.00000124. The lowest BCUT2D eigenvalue weighted by molar-refractivity contribution is -0.192. The van der Waals surface area contributed by atoms with Crippen LogP contribution in [0, 0.1) is 0 Å². The topological polar surface area (TPSA) is 313 Å². The normalized spacial score (nSPS) is 14.0. The molecule has 0 spiro atoms. The number of phenols is 1. The van der Waals surface area contributed by atoms with Gasteiger partial charge in [-0.3, -0.25) is 24.3 Å². The van der Waals surface area contributed by atoms with Crippen LogP contribution in [0.2, 0.25) is 0 Å². The van der Waals surface area contributed by atoms with E-state index in [0.29, 0.717) is 83.8 Å². The summed E-state index contributed by atoms with van der Waals surface area (Å²) in [5.74, 6) is -2.61. The number of thioether (sulfide) groups is 1. The first kappa shape index (κ1) is 59.9. The predicted molar refractivity (Wildman–Crippen MR) is 310 cm³/mol. The van der Waals surface area contributed by atoms with Crippen LogP contribution in [0.25, 0.3) is 6.08 Å². The number of aliphatic imine (C=N–C) groups is 2. The number of carbonyl (C=O) groups excluding carboxylic acids is 5. The number of ketones is 1. The van der Waals surface area contributed by atoms with Crippen molar-refractivity contribution in [2.45, 2.75) is 38.9 Å². The third kappa shape index (κ3) is 17.2. The van der Waals surface area contributed by atoms with Gasteiger partial charge < -0.3 is 62.2 Å². The Hall–Kier alpha value is -10.2. The maximum absolute atomic E-state index is 13.6. The Morgan fingerprint density at radius 1 is 0.762 bits per heavy atom. The number of aliphatic carboxylic acids is 1. The van der Waals surface area contributed by atoms with E-state index in [1.54, 1.807) is 66.3 Å². The number of ether oxygens (including phenoxy) is 2. The van der Waals surface area contributed by atoms with E-state index in [9.17, 15) is 42.3 Å². The van der Waals surface area contributed by atoms with Crippen molar-refractivity contribution >= 4 is 93.6 Å². The second-order valence-corrected chi connectivity index (χ2v) is 19.4. The zero-order valence-corrected chi connectivity index (χ0v) is 45.7. The van der Waals surface area contributed by atoms with Gasteiger partial charge in [-0.2, -0.15) is 13.2 Å². The molecule has 0 saturated heterocycles. The maximum atomic E-state index is 13.6. The zero-order chi connectivity index (χ0) is 59.6. The van der Waals surface area contributed by atoms with Crippen molar-refractivity contribution in [3.05, 3.63) is 165 Å². The molecule has 5 amide bonds. The number of anilines is 5.